The third-order valence-electron chi connectivity index (χ3n) is 3.98. The summed E-state index contributed by atoms with van der Waals surface area (Å²) in [4.78, 5) is 1.40. The van der Waals surface area contributed by atoms with Gasteiger partial charge in [0.05, 0.1) is 0 Å². The highest BCUT2D eigenvalue weighted by molar-refractivity contribution is 7.99. The van der Waals surface area contributed by atoms with E-state index >= 15 is 0 Å². The lowest BCUT2D eigenvalue weighted by molar-refractivity contribution is 0.173. The molecular formula is C17H18ClNO2S. The van der Waals surface area contributed by atoms with Crippen LogP contribution in [0.15, 0.2) is 47.4 Å². The van der Waals surface area contributed by atoms with Crippen LogP contribution in [0.4, 0.5) is 0 Å². The molecule has 0 radical (unpaired) electrons. The smallest absolute Gasteiger partial charge is 0.231 e. The summed E-state index contributed by atoms with van der Waals surface area (Å²) in [6.45, 7) is 1.13. The number of nitrogens with one attached hydrogen (secondary N) is 1. The second-order valence-electron chi connectivity index (χ2n) is 5.26. The average Bonchev–Trinajstić information content (AvgIpc) is 3.02. The van der Waals surface area contributed by atoms with Crippen molar-refractivity contribution in [3.63, 3.8) is 0 Å². The van der Waals surface area contributed by atoms with Crippen molar-refractivity contribution in [3.05, 3.63) is 53.6 Å². The van der Waals surface area contributed by atoms with Gasteiger partial charge in [-0.3, -0.25) is 0 Å². The fourth-order valence-corrected chi connectivity index (χ4v) is 4.04. The molecule has 0 spiro atoms. The van der Waals surface area contributed by atoms with Crippen LogP contribution in [0, 0.1) is 0 Å². The number of halogens is 1. The lowest BCUT2D eigenvalue weighted by Gasteiger charge is -2.26. The van der Waals surface area contributed by atoms with Crippen LogP contribution < -0.4 is 14.8 Å². The number of hydrogen-bond donors (Lipinski definition) is 1. The Morgan fingerprint density at radius 1 is 1.09 bits per heavy atom. The Balaban J connectivity index is 0.00000144. The summed E-state index contributed by atoms with van der Waals surface area (Å²) in [6.07, 6.45) is 1.16. The molecule has 3 nitrogen and oxygen atoms in total. The van der Waals surface area contributed by atoms with Crippen molar-refractivity contribution in [2.24, 2.45) is 0 Å². The molecule has 1 unspecified atom stereocenters. The van der Waals surface area contributed by atoms with Crippen LogP contribution in [0.3, 0.4) is 0 Å². The summed E-state index contributed by atoms with van der Waals surface area (Å²) in [5, 5.41) is 3.67. The first-order valence-corrected chi connectivity index (χ1v) is 8.23. The lowest BCUT2D eigenvalue weighted by atomic mass is 10.0. The SMILES string of the molecule is Cl.c1cc(CNC2CCSc3ccccc32)c2c(c1)OCO2. The molecule has 0 bridgehead atoms. The molecule has 0 aromatic heterocycles. The van der Waals surface area contributed by atoms with Crippen molar-refractivity contribution in [1.82, 2.24) is 5.32 Å². The Morgan fingerprint density at radius 3 is 2.95 bits per heavy atom. The highest BCUT2D eigenvalue weighted by Crippen LogP contribution is 2.38. The largest absolute Gasteiger partial charge is 0.454 e. The van der Waals surface area contributed by atoms with Gasteiger partial charge in [0.15, 0.2) is 11.5 Å². The Morgan fingerprint density at radius 2 is 2.00 bits per heavy atom. The Kier molecular flexibility index (Phi) is 4.81. The number of ether oxygens (including phenoxy) is 2. The van der Waals surface area contributed by atoms with Crippen LogP contribution in [-0.2, 0) is 6.54 Å². The van der Waals surface area contributed by atoms with Gasteiger partial charge < -0.3 is 14.8 Å². The third-order valence-corrected chi connectivity index (χ3v) is 5.10. The van der Waals surface area contributed by atoms with E-state index in [1.165, 1.54) is 21.8 Å². The molecule has 0 saturated heterocycles. The van der Waals surface area contributed by atoms with Crippen LogP contribution in [0.25, 0.3) is 0 Å². The quantitative estimate of drug-likeness (QED) is 0.912. The predicted octanol–water partition coefficient (Wildman–Crippen LogP) is 4.16. The lowest BCUT2D eigenvalue weighted by Crippen LogP contribution is -2.24. The maximum Gasteiger partial charge on any atom is 0.231 e. The van der Waals surface area contributed by atoms with E-state index in [1.54, 1.807) is 0 Å². The number of benzene rings is 2. The summed E-state index contributed by atoms with van der Waals surface area (Å²) in [7, 11) is 0. The van der Waals surface area contributed by atoms with Crippen molar-refractivity contribution >= 4 is 24.2 Å². The minimum atomic E-state index is 0. The zero-order chi connectivity index (χ0) is 14.1. The second kappa shape index (κ2) is 6.82. The molecule has 116 valence electrons. The predicted molar refractivity (Wildman–Crippen MR) is 91.2 cm³/mol. The van der Waals surface area contributed by atoms with Crippen molar-refractivity contribution in [2.45, 2.75) is 23.9 Å². The molecule has 2 aliphatic heterocycles. The van der Waals surface area contributed by atoms with E-state index in [4.69, 9.17) is 9.47 Å². The molecule has 2 aliphatic rings. The molecule has 22 heavy (non-hydrogen) atoms. The summed E-state index contributed by atoms with van der Waals surface area (Å²) >= 11 is 1.95. The van der Waals surface area contributed by atoms with Gasteiger partial charge in [0, 0.05) is 23.0 Å². The van der Waals surface area contributed by atoms with Crippen LogP contribution in [0.1, 0.15) is 23.6 Å². The highest BCUT2D eigenvalue weighted by atomic mass is 35.5. The maximum atomic E-state index is 5.57. The average molecular weight is 336 g/mol. The van der Waals surface area contributed by atoms with Crippen LogP contribution in [0.5, 0.6) is 11.5 Å². The van der Waals surface area contributed by atoms with Gasteiger partial charge >= 0.3 is 0 Å². The number of para-hydroxylation sites is 1. The van der Waals surface area contributed by atoms with E-state index in [2.05, 4.69) is 35.6 Å². The van der Waals surface area contributed by atoms with E-state index in [9.17, 15) is 0 Å². The van der Waals surface area contributed by atoms with Crippen molar-refractivity contribution < 1.29 is 9.47 Å². The van der Waals surface area contributed by atoms with Crippen molar-refractivity contribution in [1.29, 1.82) is 0 Å². The molecule has 2 heterocycles. The first kappa shape index (κ1) is 15.5. The van der Waals surface area contributed by atoms with Gasteiger partial charge in [-0.2, -0.15) is 0 Å². The monoisotopic (exact) mass is 335 g/mol. The van der Waals surface area contributed by atoms with E-state index in [1.807, 2.05) is 23.9 Å². The number of thioether (sulfide) groups is 1. The van der Waals surface area contributed by atoms with Gasteiger partial charge in [-0.15, -0.1) is 24.2 Å². The molecule has 0 amide bonds. The zero-order valence-electron chi connectivity index (χ0n) is 12.1. The second-order valence-corrected chi connectivity index (χ2v) is 6.40. The summed E-state index contributed by atoms with van der Waals surface area (Å²) in [5.41, 5.74) is 2.58. The van der Waals surface area contributed by atoms with Gasteiger partial charge in [-0.25, -0.2) is 0 Å². The first-order chi connectivity index (χ1) is 10.4. The molecule has 1 atom stereocenters. The number of fused-ring (bicyclic) bond motifs is 2. The minimum Gasteiger partial charge on any atom is -0.454 e. The number of rotatable bonds is 3. The van der Waals surface area contributed by atoms with Crippen molar-refractivity contribution in [3.8, 4) is 11.5 Å². The highest BCUT2D eigenvalue weighted by Gasteiger charge is 2.21. The van der Waals surface area contributed by atoms with Gasteiger partial charge in [-0.1, -0.05) is 30.3 Å². The molecule has 2 aromatic rings. The fourth-order valence-electron chi connectivity index (χ4n) is 2.92. The van der Waals surface area contributed by atoms with E-state index < -0.39 is 0 Å². The first-order valence-electron chi connectivity index (χ1n) is 7.24. The van der Waals surface area contributed by atoms with Gasteiger partial charge in [0.2, 0.25) is 6.79 Å². The van der Waals surface area contributed by atoms with E-state index in [-0.39, 0.29) is 12.4 Å². The van der Waals surface area contributed by atoms with E-state index in [0.29, 0.717) is 12.8 Å². The van der Waals surface area contributed by atoms with E-state index in [0.717, 1.165) is 24.5 Å². The minimum absolute atomic E-state index is 0. The molecule has 0 aliphatic carbocycles. The molecule has 0 fully saturated rings. The van der Waals surface area contributed by atoms with Crippen LogP contribution >= 0.6 is 24.2 Å². The molecule has 5 heteroatoms. The van der Waals surface area contributed by atoms with Gasteiger partial charge in [0.1, 0.15) is 0 Å². The summed E-state index contributed by atoms with van der Waals surface area (Å²) in [5.74, 6) is 2.92. The molecule has 0 saturated carbocycles. The standard InChI is InChI=1S/C17H17NO2S.ClH/c1-2-7-16-13(5-1)14(8-9-21-16)18-10-12-4-3-6-15-17(12)20-11-19-15;/h1-7,14,18H,8-11H2;1H. The number of hydrogen-bond acceptors (Lipinski definition) is 4. The normalized spacial score (nSPS) is 18.5. The summed E-state index contributed by atoms with van der Waals surface area (Å²) in [6, 6.07) is 15.2. The molecule has 4 rings (SSSR count). The van der Waals surface area contributed by atoms with Crippen LogP contribution in [0.2, 0.25) is 0 Å². The molecule has 2 aromatic carbocycles. The molecular weight excluding hydrogens is 318 g/mol. The topological polar surface area (TPSA) is 30.5 Å². The molecule has 1 N–H and O–H groups in total. The maximum absolute atomic E-state index is 5.57. The Labute approximate surface area is 140 Å². The zero-order valence-corrected chi connectivity index (χ0v) is 13.7. The van der Waals surface area contributed by atoms with Gasteiger partial charge in [-0.05, 0) is 29.9 Å². The van der Waals surface area contributed by atoms with Crippen molar-refractivity contribution in [2.75, 3.05) is 12.5 Å². The third kappa shape index (κ3) is 2.91. The Hall–Kier alpha value is -1.36. The van der Waals surface area contributed by atoms with Crippen LogP contribution in [-0.4, -0.2) is 12.5 Å². The van der Waals surface area contributed by atoms with Gasteiger partial charge in [0.25, 0.3) is 0 Å². The Bertz CT molecular complexity index is 665. The summed E-state index contributed by atoms with van der Waals surface area (Å²) < 4.78 is 11.0. The fraction of sp³-hybridized carbons (Fsp3) is 0.294.